The normalized spacial score (nSPS) is 24.6. The Hall–Kier alpha value is -1.12. The van der Waals surface area contributed by atoms with Crippen molar-refractivity contribution in [3.63, 3.8) is 0 Å². The molecule has 2 nitrogen and oxygen atoms in total. The van der Waals surface area contributed by atoms with Crippen LogP contribution in [0.1, 0.15) is 30.8 Å². The Morgan fingerprint density at radius 3 is 3.06 bits per heavy atom. The predicted octanol–water partition coefficient (Wildman–Crippen LogP) is 3.24. The van der Waals surface area contributed by atoms with Crippen molar-refractivity contribution in [2.24, 2.45) is 0 Å². The van der Waals surface area contributed by atoms with Gasteiger partial charge in [-0.25, -0.2) is 0 Å². The highest BCUT2D eigenvalue weighted by Gasteiger charge is 2.23. The van der Waals surface area contributed by atoms with Crippen LogP contribution in [0.25, 0.3) is 0 Å². The number of hydrogen-bond donors (Lipinski definition) is 0. The minimum atomic E-state index is -0.244. The smallest absolute Gasteiger partial charge is 0.184 e. The average Bonchev–Trinajstić information content (AvgIpc) is 2.50. The maximum atomic E-state index is 5.89. The van der Waals surface area contributed by atoms with E-state index in [1.165, 1.54) is 5.56 Å². The minimum absolute atomic E-state index is 0.0870. The molecule has 86 valence electrons. The molecule has 2 heteroatoms. The first-order valence-corrected chi connectivity index (χ1v) is 5.82. The molecule has 0 saturated heterocycles. The predicted molar refractivity (Wildman–Crippen MR) is 64.2 cm³/mol. The summed E-state index contributed by atoms with van der Waals surface area (Å²) in [4.78, 5) is 0. The van der Waals surface area contributed by atoms with Crippen LogP contribution in [0, 0.1) is 0 Å². The summed E-state index contributed by atoms with van der Waals surface area (Å²) in [5.41, 5.74) is 2.49. The maximum Gasteiger partial charge on any atom is 0.184 e. The molecule has 0 amide bonds. The first-order valence-electron chi connectivity index (χ1n) is 5.82. The second-order valence-electron chi connectivity index (χ2n) is 3.93. The van der Waals surface area contributed by atoms with Crippen molar-refractivity contribution in [1.82, 2.24) is 0 Å². The fraction of sp³-hybridized carbons (Fsp3) is 0.429. The molecule has 0 aromatic heterocycles. The Morgan fingerprint density at radius 1 is 1.50 bits per heavy atom. The van der Waals surface area contributed by atoms with Crippen LogP contribution in [0.2, 0.25) is 0 Å². The van der Waals surface area contributed by atoms with Crippen LogP contribution in [-0.2, 0) is 15.9 Å². The number of aryl methyl sites for hydroxylation is 1. The molecule has 1 heterocycles. The Morgan fingerprint density at radius 2 is 2.31 bits per heavy atom. The van der Waals surface area contributed by atoms with E-state index in [1.54, 1.807) is 0 Å². The third-order valence-electron chi connectivity index (χ3n) is 2.89. The highest BCUT2D eigenvalue weighted by molar-refractivity contribution is 5.29. The van der Waals surface area contributed by atoms with Crippen molar-refractivity contribution < 1.29 is 9.47 Å². The van der Waals surface area contributed by atoms with Gasteiger partial charge in [0, 0.05) is 12.2 Å². The van der Waals surface area contributed by atoms with Gasteiger partial charge in [0.2, 0.25) is 0 Å². The molecule has 0 radical (unpaired) electrons. The number of ether oxygens (including phenoxy) is 2. The summed E-state index contributed by atoms with van der Waals surface area (Å²) in [6.07, 6.45) is 3.70. The van der Waals surface area contributed by atoms with Gasteiger partial charge in [0.1, 0.15) is 0 Å². The molecule has 0 N–H and O–H groups in total. The number of rotatable bonds is 3. The monoisotopic (exact) mass is 218 g/mol. The van der Waals surface area contributed by atoms with E-state index in [2.05, 4.69) is 24.8 Å². The fourth-order valence-electron chi connectivity index (χ4n) is 2.04. The molecule has 1 aromatic rings. The van der Waals surface area contributed by atoms with E-state index >= 15 is 0 Å². The molecule has 1 aliphatic heterocycles. The number of hydrogen-bond acceptors (Lipinski definition) is 2. The van der Waals surface area contributed by atoms with Crippen LogP contribution in [0.4, 0.5) is 0 Å². The molecule has 0 bridgehead atoms. The second kappa shape index (κ2) is 5.28. The van der Waals surface area contributed by atoms with Crippen LogP contribution >= 0.6 is 0 Å². The van der Waals surface area contributed by atoms with Crippen molar-refractivity contribution in [1.29, 1.82) is 0 Å². The summed E-state index contributed by atoms with van der Waals surface area (Å²) in [7, 11) is 0. The molecule has 1 aliphatic rings. The van der Waals surface area contributed by atoms with Crippen molar-refractivity contribution in [3.05, 3.63) is 48.0 Å². The van der Waals surface area contributed by atoms with E-state index in [9.17, 15) is 0 Å². The molecule has 2 atom stereocenters. The number of fused-ring (bicyclic) bond motifs is 1. The average molecular weight is 218 g/mol. The summed E-state index contributed by atoms with van der Waals surface area (Å²) in [5.74, 6) is 0. The molecule has 0 fully saturated rings. The lowest BCUT2D eigenvalue weighted by Gasteiger charge is -2.20. The van der Waals surface area contributed by atoms with Gasteiger partial charge >= 0.3 is 0 Å². The summed E-state index contributed by atoms with van der Waals surface area (Å²) in [5, 5.41) is 0. The molecule has 0 saturated carbocycles. The fourth-order valence-corrected chi connectivity index (χ4v) is 2.04. The zero-order chi connectivity index (χ0) is 11.4. The Kier molecular flexibility index (Phi) is 3.75. The van der Waals surface area contributed by atoms with Gasteiger partial charge in [0.05, 0.1) is 6.10 Å². The van der Waals surface area contributed by atoms with Gasteiger partial charge in [-0.2, -0.15) is 0 Å². The molecular weight excluding hydrogens is 200 g/mol. The van der Waals surface area contributed by atoms with Gasteiger partial charge in [-0.05, 0) is 25.3 Å². The van der Waals surface area contributed by atoms with Gasteiger partial charge in [-0.1, -0.05) is 30.3 Å². The van der Waals surface area contributed by atoms with Gasteiger partial charge in [0.15, 0.2) is 6.29 Å². The quantitative estimate of drug-likeness (QED) is 0.725. The summed E-state index contributed by atoms with van der Waals surface area (Å²) in [6, 6.07) is 8.33. The maximum absolute atomic E-state index is 5.89. The molecule has 16 heavy (non-hydrogen) atoms. The zero-order valence-corrected chi connectivity index (χ0v) is 9.69. The largest absolute Gasteiger partial charge is 0.349 e. The molecule has 0 spiro atoms. The standard InChI is InChI=1S/C14H18O2/c1-3-12-10-9-11-7-5-6-8-13(11)14(16-12)15-4-2/h3,5-8,12,14H,1,4,9-10H2,2H3. The lowest BCUT2D eigenvalue weighted by atomic mass is 10.0. The van der Waals surface area contributed by atoms with E-state index in [1.807, 2.05) is 19.1 Å². The van der Waals surface area contributed by atoms with E-state index in [0.717, 1.165) is 18.4 Å². The van der Waals surface area contributed by atoms with Crippen molar-refractivity contribution in [2.75, 3.05) is 6.61 Å². The van der Waals surface area contributed by atoms with Crippen LogP contribution < -0.4 is 0 Å². The molecule has 1 aromatic carbocycles. The molecular formula is C14H18O2. The van der Waals surface area contributed by atoms with Crippen LogP contribution in [0.3, 0.4) is 0 Å². The topological polar surface area (TPSA) is 18.5 Å². The highest BCUT2D eigenvalue weighted by atomic mass is 16.7. The SMILES string of the molecule is C=CC1CCc2ccccc2C(OCC)O1. The Balaban J connectivity index is 2.28. The van der Waals surface area contributed by atoms with Crippen LogP contribution in [0.15, 0.2) is 36.9 Å². The summed E-state index contributed by atoms with van der Waals surface area (Å²) >= 11 is 0. The first kappa shape index (κ1) is 11.4. The Bertz CT molecular complexity index is 360. The highest BCUT2D eigenvalue weighted by Crippen LogP contribution is 2.30. The summed E-state index contributed by atoms with van der Waals surface area (Å²) in [6.45, 7) is 6.44. The summed E-state index contributed by atoms with van der Waals surface area (Å²) < 4.78 is 11.5. The van der Waals surface area contributed by atoms with Crippen molar-refractivity contribution in [3.8, 4) is 0 Å². The third kappa shape index (κ3) is 2.34. The molecule has 0 aliphatic carbocycles. The van der Waals surface area contributed by atoms with Crippen molar-refractivity contribution >= 4 is 0 Å². The van der Waals surface area contributed by atoms with E-state index in [-0.39, 0.29) is 12.4 Å². The van der Waals surface area contributed by atoms with Gasteiger partial charge < -0.3 is 9.47 Å². The zero-order valence-electron chi connectivity index (χ0n) is 9.69. The molecule has 2 rings (SSSR count). The Labute approximate surface area is 96.9 Å². The van der Waals surface area contributed by atoms with E-state index in [4.69, 9.17) is 9.47 Å². The van der Waals surface area contributed by atoms with Crippen LogP contribution in [-0.4, -0.2) is 12.7 Å². The second-order valence-corrected chi connectivity index (χ2v) is 3.93. The lowest BCUT2D eigenvalue weighted by molar-refractivity contribution is -0.160. The van der Waals surface area contributed by atoms with E-state index < -0.39 is 0 Å². The number of benzene rings is 1. The van der Waals surface area contributed by atoms with Crippen molar-refractivity contribution in [2.45, 2.75) is 32.2 Å². The lowest BCUT2D eigenvalue weighted by Crippen LogP contribution is -2.15. The van der Waals surface area contributed by atoms with Gasteiger partial charge in [-0.15, -0.1) is 6.58 Å². The molecule has 2 unspecified atom stereocenters. The van der Waals surface area contributed by atoms with Crippen LogP contribution in [0.5, 0.6) is 0 Å². The first-order chi connectivity index (χ1) is 7.85. The van der Waals surface area contributed by atoms with E-state index in [0.29, 0.717) is 6.61 Å². The third-order valence-corrected chi connectivity index (χ3v) is 2.89. The van der Waals surface area contributed by atoms with Gasteiger partial charge in [-0.3, -0.25) is 0 Å². The van der Waals surface area contributed by atoms with Gasteiger partial charge in [0.25, 0.3) is 0 Å². The minimum Gasteiger partial charge on any atom is -0.349 e.